The van der Waals surface area contributed by atoms with Crippen LogP contribution in [0.2, 0.25) is 0 Å². The molecule has 16 heavy (non-hydrogen) atoms. The van der Waals surface area contributed by atoms with Crippen LogP contribution < -0.4 is 0 Å². The zero-order valence-electron chi connectivity index (χ0n) is 10.2. The van der Waals surface area contributed by atoms with Crippen molar-refractivity contribution in [2.24, 2.45) is 4.99 Å². The average Bonchev–Trinajstić information content (AvgIpc) is 2.26. The smallest absolute Gasteiger partial charge is 0.115 e. The number of hydrogen-bond acceptors (Lipinski definition) is 2. The van der Waals surface area contributed by atoms with Gasteiger partial charge in [-0.2, -0.15) is 0 Å². The Kier molecular flexibility index (Phi) is 4.77. The summed E-state index contributed by atoms with van der Waals surface area (Å²) in [5.74, 6) is 0.317. The number of allylic oxidation sites excluding steroid dienone is 2. The fourth-order valence-electron chi connectivity index (χ4n) is 1.49. The van der Waals surface area contributed by atoms with E-state index in [1.54, 1.807) is 12.1 Å². The molecular formula is C14H19NO. The van der Waals surface area contributed by atoms with Gasteiger partial charge in [0.15, 0.2) is 0 Å². The molecule has 0 heterocycles. The molecule has 0 saturated heterocycles. The average molecular weight is 217 g/mol. The van der Waals surface area contributed by atoms with Crippen molar-refractivity contribution in [3.8, 4) is 5.75 Å². The van der Waals surface area contributed by atoms with Gasteiger partial charge < -0.3 is 5.11 Å². The molecule has 0 aliphatic carbocycles. The summed E-state index contributed by atoms with van der Waals surface area (Å²) in [6.45, 7) is 6.02. The second-order valence-corrected chi connectivity index (χ2v) is 4.01. The Morgan fingerprint density at radius 3 is 2.38 bits per heavy atom. The topological polar surface area (TPSA) is 32.6 Å². The molecule has 0 radical (unpaired) electrons. The Morgan fingerprint density at radius 2 is 1.88 bits per heavy atom. The van der Waals surface area contributed by atoms with Crippen LogP contribution in [0.25, 0.3) is 0 Å². The molecule has 0 atom stereocenters. The lowest BCUT2D eigenvalue weighted by atomic mass is 10.1. The summed E-state index contributed by atoms with van der Waals surface area (Å²) in [5, 5.41) is 9.17. The highest BCUT2D eigenvalue weighted by molar-refractivity contribution is 5.80. The van der Waals surface area contributed by atoms with Crippen molar-refractivity contribution in [2.45, 2.75) is 33.6 Å². The highest BCUT2D eigenvalue weighted by Crippen LogP contribution is 2.14. The normalized spacial score (nSPS) is 11.3. The second kappa shape index (κ2) is 6.11. The minimum Gasteiger partial charge on any atom is -0.508 e. The van der Waals surface area contributed by atoms with Gasteiger partial charge in [-0.25, -0.2) is 0 Å². The van der Waals surface area contributed by atoms with E-state index in [0.717, 1.165) is 24.3 Å². The van der Waals surface area contributed by atoms with Gasteiger partial charge in [-0.05, 0) is 51.3 Å². The van der Waals surface area contributed by atoms with E-state index in [4.69, 9.17) is 5.11 Å². The fraction of sp³-hybridized carbons (Fsp3) is 0.357. The summed E-state index contributed by atoms with van der Waals surface area (Å²) in [6.07, 6.45) is 3.94. The number of aliphatic imine (C=N–C) groups is 1. The molecule has 1 N–H and O–H groups in total. The molecule has 0 bridgehead atoms. The molecule has 0 aromatic heterocycles. The quantitative estimate of drug-likeness (QED) is 0.766. The molecule has 0 unspecified atom stereocenters. The highest BCUT2D eigenvalue weighted by Gasteiger charge is 1.97. The van der Waals surface area contributed by atoms with Crippen LogP contribution in [-0.4, -0.2) is 10.8 Å². The first kappa shape index (κ1) is 12.5. The Morgan fingerprint density at radius 1 is 1.25 bits per heavy atom. The number of phenolic OH excluding ortho intramolecular Hbond substituents is 1. The van der Waals surface area contributed by atoms with Gasteiger partial charge in [0.25, 0.3) is 0 Å². The molecule has 1 aromatic carbocycles. The van der Waals surface area contributed by atoms with Crippen LogP contribution in [0.4, 0.5) is 0 Å². The molecule has 0 spiro atoms. The standard InChI is InChI=1S/C14H19NO/c1-4-13(15-11(2)3)8-5-12-6-9-14(16)10-7-12/h4,6-7,9-10,16H,5,8H2,1-3H3/b13-4-. The van der Waals surface area contributed by atoms with Crippen LogP contribution in [-0.2, 0) is 6.42 Å². The maximum Gasteiger partial charge on any atom is 0.115 e. The molecule has 0 aliphatic rings. The van der Waals surface area contributed by atoms with Crippen LogP contribution in [0.15, 0.2) is 41.0 Å². The van der Waals surface area contributed by atoms with Gasteiger partial charge in [-0.15, -0.1) is 0 Å². The zero-order valence-corrected chi connectivity index (χ0v) is 10.2. The summed E-state index contributed by atoms with van der Waals surface area (Å²) in [4.78, 5) is 4.46. The Hall–Kier alpha value is -1.57. The number of nitrogens with zero attached hydrogens (tertiary/aromatic N) is 1. The van der Waals surface area contributed by atoms with E-state index >= 15 is 0 Å². The number of aromatic hydroxyl groups is 1. The molecule has 1 rings (SSSR count). The highest BCUT2D eigenvalue weighted by atomic mass is 16.3. The monoisotopic (exact) mass is 217 g/mol. The van der Waals surface area contributed by atoms with Gasteiger partial charge in [-0.3, -0.25) is 4.99 Å². The van der Waals surface area contributed by atoms with Gasteiger partial charge in [0, 0.05) is 11.4 Å². The lowest BCUT2D eigenvalue weighted by molar-refractivity contribution is 0.475. The van der Waals surface area contributed by atoms with Crippen molar-refractivity contribution in [3.05, 3.63) is 41.6 Å². The molecule has 2 heteroatoms. The third kappa shape index (κ3) is 4.30. The van der Waals surface area contributed by atoms with Crippen molar-refractivity contribution < 1.29 is 5.11 Å². The van der Waals surface area contributed by atoms with Gasteiger partial charge in [-0.1, -0.05) is 18.2 Å². The summed E-state index contributed by atoms with van der Waals surface area (Å²) >= 11 is 0. The third-order valence-electron chi connectivity index (χ3n) is 2.31. The van der Waals surface area contributed by atoms with E-state index in [1.165, 1.54) is 5.56 Å². The van der Waals surface area contributed by atoms with Gasteiger partial charge in [0.2, 0.25) is 0 Å². The molecule has 0 saturated carbocycles. The molecule has 0 amide bonds. The summed E-state index contributed by atoms with van der Waals surface area (Å²) in [7, 11) is 0. The van der Waals surface area contributed by atoms with E-state index in [0.29, 0.717) is 5.75 Å². The van der Waals surface area contributed by atoms with Crippen molar-refractivity contribution >= 4 is 5.71 Å². The van der Waals surface area contributed by atoms with Crippen molar-refractivity contribution in [1.29, 1.82) is 0 Å². The van der Waals surface area contributed by atoms with Crippen LogP contribution in [0.5, 0.6) is 5.75 Å². The second-order valence-electron chi connectivity index (χ2n) is 4.01. The van der Waals surface area contributed by atoms with E-state index in [9.17, 15) is 0 Å². The first-order valence-corrected chi connectivity index (χ1v) is 5.57. The molecular weight excluding hydrogens is 198 g/mol. The van der Waals surface area contributed by atoms with Crippen LogP contribution in [0.1, 0.15) is 32.8 Å². The molecule has 2 nitrogen and oxygen atoms in total. The van der Waals surface area contributed by atoms with Gasteiger partial charge in [0.05, 0.1) is 0 Å². The third-order valence-corrected chi connectivity index (χ3v) is 2.31. The maximum absolute atomic E-state index is 9.17. The number of rotatable bonds is 4. The Balaban J connectivity index is 2.57. The minimum atomic E-state index is 0.317. The summed E-state index contributed by atoms with van der Waals surface area (Å²) < 4.78 is 0. The first-order chi connectivity index (χ1) is 7.61. The van der Waals surface area contributed by atoms with Gasteiger partial charge in [0.1, 0.15) is 5.75 Å². The van der Waals surface area contributed by atoms with Crippen molar-refractivity contribution in [3.63, 3.8) is 0 Å². The number of phenols is 1. The lowest BCUT2D eigenvalue weighted by Gasteiger charge is -2.03. The van der Waals surface area contributed by atoms with E-state index in [-0.39, 0.29) is 0 Å². The molecule has 1 aromatic rings. The predicted octanol–water partition coefficient (Wildman–Crippen LogP) is 3.71. The Bertz CT molecular complexity index is 384. The number of aryl methyl sites for hydroxylation is 1. The van der Waals surface area contributed by atoms with Crippen LogP contribution >= 0.6 is 0 Å². The first-order valence-electron chi connectivity index (χ1n) is 5.57. The number of benzene rings is 1. The molecule has 86 valence electrons. The SMILES string of the molecule is C/C=C(/CCc1ccc(O)cc1)N=C(C)C. The Labute approximate surface area is 97.4 Å². The summed E-state index contributed by atoms with van der Waals surface area (Å²) in [6, 6.07) is 7.34. The number of hydrogen-bond donors (Lipinski definition) is 1. The minimum absolute atomic E-state index is 0.317. The van der Waals surface area contributed by atoms with Crippen molar-refractivity contribution in [2.75, 3.05) is 0 Å². The zero-order chi connectivity index (χ0) is 12.0. The lowest BCUT2D eigenvalue weighted by Crippen LogP contribution is -1.90. The fourth-order valence-corrected chi connectivity index (χ4v) is 1.49. The van der Waals surface area contributed by atoms with Crippen LogP contribution in [0.3, 0.4) is 0 Å². The van der Waals surface area contributed by atoms with Crippen molar-refractivity contribution in [1.82, 2.24) is 0 Å². The molecule has 0 aliphatic heterocycles. The predicted molar refractivity (Wildman–Crippen MR) is 69.0 cm³/mol. The maximum atomic E-state index is 9.17. The summed E-state index contributed by atoms with van der Waals surface area (Å²) in [5.41, 5.74) is 3.42. The largest absolute Gasteiger partial charge is 0.508 e. The molecule has 0 fully saturated rings. The van der Waals surface area contributed by atoms with E-state index in [1.807, 2.05) is 39.0 Å². The van der Waals surface area contributed by atoms with E-state index < -0.39 is 0 Å². The van der Waals surface area contributed by atoms with Crippen LogP contribution in [0, 0.1) is 0 Å². The van der Waals surface area contributed by atoms with E-state index in [2.05, 4.69) is 4.99 Å². The van der Waals surface area contributed by atoms with Gasteiger partial charge >= 0.3 is 0 Å².